The summed E-state index contributed by atoms with van der Waals surface area (Å²) in [6.45, 7) is 0.234. The molecule has 0 spiro atoms. The van der Waals surface area contributed by atoms with Crippen molar-refractivity contribution in [3.8, 4) is 0 Å². The number of aromatic amines is 1. The average molecular weight is 298 g/mol. The number of H-pyrrole nitrogens is 1. The van der Waals surface area contributed by atoms with Gasteiger partial charge in [-0.15, -0.1) is 0 Å². The molecule has 7 nitrogen and oxygen atoms in total. The molecule has 0 unspecified atom stereocenters. The van der Waals surface area contributed by atoms with Gasteiger partial charge in [0.2, 0.25) is 5.91 Å². The third-order valence-electron chi connectivity index (χ3n) is 3.75. The molecule has 1 saturated carbocycles. The number of nitrogens with zero attached hydrogens (tertiary/aromatic N) is 1. The molecule has 1 aromatic rings. The van der Waals surface area contributed by atoms with Gasteiger partial charge in [0, 0.05) is 11.1 Å². The third kappa shape index (κ3) is 2.84. The van der Waals surface area contributed by atoms with Gasteiger partial charge >= 0.3 is 4.87 Å². The number of nitrogens with one attached hydrogen (secondary N) is 2. The number of thiazole rings is 1. The molecule has 0 saturated heterocycles. The quantitative estimate of drug-likeness (QED) is 0.284. The van der Waals surface area contributed by atoms with Crippen LogP contribution in [0.15, 0.2) is 15.3 Å². The first-order valence-corrected chi connectivity index (χ1v) is 7.39. The zero-order valence-corrected chi connectivity index (χ0v) is 11.8. The lowest BCUT2D eigenvalue weighted by molar-refractivity contribution is -0.129. The minimum atomic E-state index is -0.927. The van der Waals surface area contributed by atoms with E-state index in [0.29, 0.717) is 18.5 Å². The number of hydrogen-bond donors (Lipinski definition) is 4. The first-order chi connectivity index (χ1) is 9.58. The highest BCUT2D eigenvalue weighted by molar-refractivity contribution is 7.07. The van der Waals surface area contributed by atoms with Gasteiger partial charge < -0.3 is 21.2 Å². The number of amidine groups is 1. The molecule has 0 aliphatic heterocycles. The number of aromatic nitrogens is 1. The van der Waals surface area contributed by atoms with Crippen LogP contribution in [0.2, 0.25) is 0 Å². The predicted octanol–water partition coefficient (Wildman–Crippen LogP) is 0.749. The second-order valence-corrected chi connectivity index (χ2v) is 5.83. The van der Waals surface area contributed by atoms with Crippen molar-refractivity contribution >= 4 is 23.1 Å². The second-order valence-electron chi connectivity index (χ2n) is 4.98. The van der Waals surface area contributed by atoms with E-state index in [-0.39, 0.29) is 23.2 Å². The van der Waals surface area contributed by atoms with Crippen molar-refractivity contribution in [2.75, 3.05) is 0 Å². The lowest BCUT2D eigenvalue weighted by Gasteiger charge is -2.34. The third-order valence-corrected chi connectivity index (χ3v) is 4.47. The Kier molecular flexibility index (Phi) is 4.43. The maximum absolute atomic E-state index is 12.4. The number of nitrogens with two attached hydrogens (primary N) is 1. The van der Waals surface area contributed by atoms with Crippen LogP contribution in [0.4, 0.5) is 0 Å². The average Bonchev–Trinajstić information content (AvgIpc) is 2.90. The Labute approximate surface area is 119 Å². The summed E-state index contributed by atoms with van der Waals surface area (Å²) in [4.78, 5) is 25.9. The van der Waals surface area contributed by atoms with Gasteiger partial charge in [0.1, 0.15) is 5.41 Å². The molecule has 0 radical (unpaired) electrons. The van der Waals surface area contributed by atoms with Crippen LogP contribution in [0.3, 0.4) is 0 Å². The second kappa shape index (κ2) is 6.08. The van der Waals surface area contributed by atoms with Gasteiger partial charge in [0.05, 0.1) is 6.54 Å². The molecule has 0 aromatic carbocycles. The summed E-state index contributed by atoms with van der Waals surface area (Å²) in [6, 6.07) is 0. The first kappa shape index (κ1) is 14.6. The molecule has 1 aliphatic carbocycles. The fourth-order valence-electron chi connectivity index (χ4n) is 2.60. The van der Waals surface area contributed by atoms with Crippen molar-refractivity contribution in [3.05, 3.63) is 20.7 Å². The van der Waals surface area contributed by atoms with Crippen LogP contribution in [0.1, 0.15) is 37.8 Å². The zero-order chi connectivity index (χ0) is 14.6. The van der Waals surface area contributed by atoms with E-state index in [0.717, 1.165) is 30.6 Å². The van der Waals surface area contributed by atoms with E-state index < -0.39 is 5.41 Å². The van der Waals surface area contributed by atoms with E-state index in [9.17, 15) is 9.59 Å². The molecule has 20 heavy (non-hydrogen) atoms. The van der Waals surface area contributed by atoms with E-state index in [1.165, 1.54) is 0 Å². The van der Waals surface area contributed by atoms with Gasteiger partial charge in [-0.3, -0.25) is 9.59 Å². The van der Waals surface area contributed by atoms with Gasteiger partial charge in [0.25, 0.3) is 0 Å². The molecular weight excluding hydrogens is 280 g/mol. The van der Waals surface area contributed by atoms with Crippen LogP contribution in [-0.2, 0) is 11.3 Å². The number of hydrogen-bond acceptors (Lipinski definition) is 5. The van der Waals surface area contributed by atoms with Crippen LogP contribution in [-0.4, -0.2) is 21.9 Å². The number of amides is 1. The van der Waals surface area contributed by atoms with Crippen LogP contribution >= 0.6 is 11.3 Å². The number of carbonyl (C=O) groups excluding carboxylic acids is 1. The Balaban J connectivity index is 2.09. The Hall–Kier alpha value is -1.83. The van der Waals surface area contributed by atoms with Crippen molar-refractivity contribution in [2.24, 2.45) is 16.3 Å². The summed E-state index contributed by atoms with van der Waals surface area (Å²) in [7, 11) is 0. The first-order valence-electron chi connectivity index (χ1n) is 6.51. The summed E-state index contributed by atoms with van der Waals surface area (Å²) < 4.78 is 0. The molecule has 1 heterocycles. The molecule has 0 atom stereocenters. The summed E-state index contributed by atoms with van der Waals surface area (Å²) in [5.74, 6) is -0.284. The van der Waals surface area contributed by atoms with Gasteiger partial charge in [-0.25, -0.2) is 0 Å². The minimum Gasteiger partial charge on any atom is -0.409 e. The van der Waals surface area contributed by atoms with E-state index in [4.69, 9.17) is 10.9 Å². The van der Waals surface area contributed by atoms with Crippen molar-refractivity contribution in [3.63, 3.8) is 0 Å². The van der Waals surface area contributed by atoms with Crippen molar-refractivity contribution < 1.29 is 10.0 Å². The largest absolute Gasteiger partial charge is 0.409 e. The maximum Gasteiger partial charge on any atom is 0.304 e. The van der Waals surface area contributed by atoms with Crippen LogP contribution < -0.4 is 15.9 Å². The highest BCUT2D eigenvalue weighted by atomic mass is 32.1. The normalized spacial score (nSPS) is 18.7. The fraction of sp³-hybridized carbons (Fsp3) is 0.583. The SMILES string of the molecule is NC(=NO)C1(C(=O)NCc2csc(=O)[nH]2)CCCCC1. The van der Waals surface area contributed by atoms with Crippen LogP contribution in [0, 0.1) is 5.41 Å². The maximum atomic E-state index is 12.4. The summed E-state index contributed by atoms with van der Waals surface area (Å²) in [5, 5.41) is 16.4. The Morgan fingerprint density at radius 2 is 2.20 bits per heavy atom. The van der Waals surface area contributed by atoms with Crippen molar-refractivity contribution in [1.82, 2.24) is 10.3 Å². The van der Waals surface area contributed by atoms with Gasteiger partial charge in [-0.2, -0.15) is 0 Å². The summed E-state index contributed by atoms with van der Waals surface area (Å²) in [5.41, 5.74) is 5.46. The highest BCUT2D eigenvalue weighted by Gasteiger charge is 2.43. The molecule has 1 fully saturated rings. The van der Waals surface area contributed by atoms with E-state index in [1.54, 1.807) is 5.38 Å². The lowest BCUT2D eigenvalue weighted by atomic mass is 9.72. The van der Waals surface area contributed by atoms with E-state index in [2.05, 4.69) is 15.5 Å². The van der Waals surface area contributed by atoms with Gasteiger partial charge in [-0.05, 0) is 12.8 Å². The fourth-order valence-corrected chi connectivity index (χ4v) is 3.18. The van der Waals surface area contributed by atoms with Gasteiger partial charge in [-0.1, -0.05) is 35.8 Å². The topological polar surface area (TPSA) is 121 Å². The lowest BCUT2D eigenvalue weighted by Crippen LogP contribution is -2.50. The van der Waals surface area contributed by atoms with Crippen molar-refractivity contribution in [1.29, 1.82) is 0 Å². The number of carbonyl (C=O) groups is 1. The van der Waals surface area contributed by atoms with E-state index in [1.807, 2.05) is 0 Å². The Morgan fingerprint density at radius 1 is 1.50 bits per heavy atom. The minimum absolute atomic E-state index is 0.0338. The number of oxime groups is 1. The van der Waals surface area contributed by atoms with Crippen molar-refractivity contribution in [2.45, 2.75) is 38.6 Å². The smallest absolute Gasteiger partial charge is 0.304 e. The predicted molar refractivity (Wildman–Crippen MR) is 75.7 cm³/mol. The molecule has 1 aromatic heterocycles. The molecule has 110 valence electrons. The van der Waals surface area contributed by atoms with Gasteiger partial charge in [0.15, 0.2) is 5.84 Å². The molecule has 5 N–H and O–H groups in total. The Bertz CT molecular complexity index is 557. The van der Waals surface area contributed by atoms with Crippen LogP contribution in [0.5, 0.6) is 0 Å². The van der Waals surface area contributed by atoms with E-state index >= 15 is 0 Å². The summed E-state index contributed by atoms with van der Waals surface area (Å²) in [6.07, 6.45) is 3.95. The zero-order valence-electron chi connectivity index (χ0n) is 11.0. The molecule has 0 bridgehead atoms. The monoisotopic (exact) mass is 298 g/mol. The molecule has 8 heteroatoms. The highest BCUT2D eigenvalue weighted by Crippen LogP contribution is 2.36. The molecular formula is C12H18N4O3S. The molecule has 2 rings (SSSR count). The number of rotatable bonds is 4. The Morgan fingerprint density at radius 3 is 2.75 bits per heavy atom. The molecule has 1 amide bonds. The van der Waals surface area contributed by atoms with Crippen LogP contribution in [0.25, 0.3) is 0 Å². The summed E-state index contributed by atoms with van der Waals surface area (Å²) >= 11 is 1.05. The molecule has 1 aliphatic rings. The standard InChI is InChI=1S/C12H18N4O3S/c13-9(16-19)12(4-2-1-3-5-12)10(17)14-6-8-7-20-11(18)15-8/h7,19H,1-6H2,(H2,13,16)(H,14,17)(H,15,18).